The predicted octanol–water partition coefficient (Wildman–Crippen LogP) is 7.34. The first-order chi connectivity index (χ1) is 16.3. The molecule has 34 heavy (non-hydrogen) atoms. The summed E-state index contributed by atoms with van der Waals surface area (Å²) in [5, 5.41) is 3.51. The summed E-state index contributed by atoms with van der Waals surface area (Å²) in [7, 11) is 0. The van der Waals surface area contributed by atoms with Crippen molar-refractivity contribution in [2.24, 2.45) is 0 Å². The molecular formula is C28H31BrFNO3. The fourth-order valence-electron chi connectivity index (χ4n) is 4.31. The average Bonchev–Trinajstić information content (AvgIpc) is 2.79. The van der Waals surface area contributed by atoms with E-state index in [0.29, 0.717) is 16.6 Å². The number of anilines is 1. The molecule has 1 heterocycles. The molecule has 3 aromatic carbocycles. The Balaban J connectivity index is 1.58. The maximum absolute atomic E-state index is 14.4. The van der Waals surface area contributed by atoms with Gasteiger partial charge in [-0.15, -0.1) is 0 Å². The van der Waals surface area contributed by atoms with Crippen LogP contribution in [-0.4, -0.2) is 18.3 Å². The van der Waals surface area contributed by atoms with E-state index in [1.165, 1.54) is 17.2 Å². The zero-order valence-electron chi connectivity index (χ0n) is 20.0. The Hall–Kier alpha value is -2.41. The third kappa shape index (κ3) is 5.45. The van der Waals surface area contributed by atoms with E-state index in [1.54, 1.807) is 6.07 Å². The van der Waals surface area contributed by atoms with Gasteiger partial charge in [0.25, 0.3) is 0 Å². The minimum absolute atomic E-state index is 0.126. The summed E-state index contributed by atoms with van der Waals surface area (Å²) < 4.78 is 33.9. The highest BCUT2D eigenvalue weighted by atomic mass is 79.9. The molecule has 0 aromatic heterocycles. The molecule has 1 N–H and O–H groups in total. The van der Waals surface area contributed by atoms with Gasteiger partial charge in [-0.1, -0.05) is 46.3 Å². The van der Waals surface area contributed by atoms with Crippen molar-refractivity contribution < 1.29 is 18.6 Å². The van der Waals surface area contributed by atoms with E-state index in [9.17, 15) is 4.39 Å². The lowest BCUT2D eigenvalue weighted by Gasteiger charge is -2.44. The summed E-state index contributed by atoms with van der Waals surface area (Å²) in [5.74, 6) is 0.472. The Morgan fingerprint density at radius 1 is 1.03 bits per heavy atom. The lowest BCUT2D eigenvalue weighted by molar-refractivity contribution is -0.166. The Bertz CT molecular complexity index is 1150. The van der Waals surface area contributed by atoms with Crippen molar-refractivity contribution in [3.63, 3.8) is 0 Å². The van der Waals surface area contributed by atoms with Crippen molar-refractivity contribution in [2.75, 3.05) is 11.9 Å². The fourth-order valence-corrected chi connectivity index (χ4v) is 4.64. The number of aryl methyl sites for hydroxylation is 1. The lowest BCUT2D eigenvalue weighted by Crippen LogP contribution is -2.51. The molecule has 0 aliphatic carbocycles. The molecular weight excluding hydrogens is 497 g/mol. The third-order valence-corrected chi connectivity index (χ3v) is 6.67. The van der Waals surface area contributed by atoms with Gasteiger partial charge in [-0.2, -0.15) is 0 Å². The highest BCUT2D eigenvalue weighted by Crippen LogP contribution is 2.44. The normalized spacial score (nSPS) is 18.8. The van der Waals surface area contributed by atoms with Crippen molar-refractivity contribution >= 4 is 21.6 Å². The number of rotatable bonds is 8. The maximum atomic E-state index is 14.4. The highest BCUT2D eigenvalue weighted by molar-refractivity contribution is 9.10. The van der Waals surface area contributed by atoms with Gasteiger partial charge in [0.1, 0.15) is 29.4 Å². The molecule has 3 aromatic rings. The first kappa shape index (κ1) is 24.7. The fraction of sp³-hybridized carbons (Fsp3) is 0.357. The summed E-state index contributed by atoms with van der Waals surface area (Å²) in [6.45, 7) is 9.41. The molecule has 1 aliphatic rings. The van der Waals surface area contributed by atoms with Gasteiger partial charge in [0, 0.05) is 34.4 Å². The second-order valence-corrected chi connectivity index (χ2v) is 10.00. The lowest BCUT2D eigenvalue weighted by atomic mass is 9.87. The minimum Gasteiger partial charge on any atom is -0.485 e. The van der Waals surface area contributed by atoms with Crippen LogP contribution < -0.4 is 10.1 Å². The summed E-state index contributed by atoms with van der Waals surface area (Å²) in [4.78, 5) is 0. The zero-order chi connectivity index (χ0) is 24.3. The SMILES string of the molecule is CCOC1c2cc(NCc3ccccc3C)ccc2OC(C)(C)C1OCc1ccc(Br)cc1F. The van der Waals surface area contributed by atoms with Gasteiger partial charge < -0.3 is 19.5 Å². The van der Waals surface area contributed by atoms with Crippen LogP contribution >= 0.6 is 15.9 Å². The molecule has 180 valence electrons. The van der Waals surface area contributed by atoms with Crippen LogP contribution in [0.5, 0.6) is 5.75 Å². The van der Waals surface area contributed by atoms with Gasteiger partial charge in [0.15, 0.2) is 0 Å². The van der Waals surface area contributed by atoms with Gasteiger partial charge in [-0.3, -0.25) is 0 Å². The molecule has 4 nitrogen and oxygen atoms in total. The van der Waals surface area contributed by atoms with E-state index in [0.717, 1.165) is 23.5 Å². The number of ether oxygens (including phenoxy) is 3. The van der Waals surface area contributed by atoms with Crippen LogP contribution in [0, 0.1) is 12.7 Å². The van der Waals surface area contributed by atoms with E-state index in [-0.39, 0.29) is 18.5 Å². The Morgan fingerprint density at radius 3 is 2.56 bits per heavy atom. The van der Waals surface area contributed by atoms with Gasteiger partial charge in [0.2, 0.25) is 0 Å². The molecule has 2 atom stereocenters. The predicted molar refractivity (Wildman–Crippen MR) is 137 cm³/mol. The first-order valence-electron chi connectivity index (χ1n) is 11.6. The van der Waals surface area contributed by atoms with Crippen LogP contribution in [0.4, 0.5) is 10.1 Å². The molecule has 0 bridgehead atoms. The largest absolute Gasteiger partial charge is 0.485 e. The highest BCUT2D eigenvalue weighted by Gasteiger charge is 2.45. The third-order valence-electron chi connectivity index (χ3n) is 6.17. The van der Waals surface area contributed by atoms with E-state index < -0.39 is 11.7 Å². The van der Waals surface area contributed by atoms with E-state index >= 15 is 0 Å². The molecule has 0 spiro atoms. The van der Waals surface area contributed by atoms with Crippen LogP contribution in [-0.2, 0) is 22.6 Å². The van der Waals surface area contributed by atoms with Crippen molar-refractivity contribution in [1.82, 2.24) is 0 Å². The second-order valence-electron chi connectivity index (χ2n) is 9.08. The zero-order valence-corrected chi connectivity index (χ0v) is 21.6. The van der Waals surface area contributed by atoms with Gasteiger partial charge in [-0.25, -0.2) is 4.39 Å². The van der Waals surface area contributed by atoms with Crippen molar-refractivity contribution in [2.45, 2.75) is 58.7 Å². The number of hydrogen-bond donors (Lipinski definition) is 1. The van der Waals surface area contributed by atoms with Gasteiger partial charge >= 0.3 is 0 Å². The topological polar surface area (TPSA) is 39.7 Å². The molecule has 0 amide bonds. The van der Waals surface area contributed by atoms with Crippen LogP contribution in [0.2, 0.25) is 0 Å². The quantitative estimate of drug-likeness (QED) is 0.332. The van der Waals surface area contributed by atoms with Crippen molar-refractivity contribution in [3.8, 4) is 5.75 Å². The van der Waals surface area contributed by atoms with Crippen LogP contribution in [0.3, 0.4) is 0 Å². The molecule has 2 unspecified atom stereocenters. The number of hydrogen-bond acceptors (Lipinski definition) is 4. The Labute approximate surface area is 209 Å². The Kier molecular flexibility index (Phi) is 7.60. The van der Waals surface area contributed by atoms with Crippen LogP contribution in [0.25, 0.3) is 0 Å². The second kappa shape index (κ2) is 10.5. The molecule has 0 fully saturated rings. The summed E-state index contributed by atoms with van der Waals surface area (Å²) in [5.41, 5.74) is 4.24. The number of fused-ring (bicyclic) bond motifs is 1. The first-order valence-corrected chi connectivity index (χ1v) is 12.4. The smallest absolute Gasteiger partial charge is 0.132 e. The maximum Gasteiger partial charge on any atom is 0.132 e. The summed E-state index contributed by atoms with van der Waals surface area (Å²) >= 11 is 3.30. The standard InChI is InChI=1S/C28H31BrFNO3/c1-5-32-26-23-15-22(31-16-19-9-7-6-8-18(19)2)12-13-25(23)34-28(3,4)27(26)33-17-20-10-11-21(29)14-24(20)30/h6-15,26-27,31H,5,16-17H2,1-4H3. The van der Waals surface area contributed by atoms with E-state index in [1.807, 2.05) is 51.1 Å². The van der Waals surface area contributed by atoms with Crippen molar-refractivity contribution in [1.29, 1.82) is 0 Å². The van der Waals surface area contributed by atoms with E-state index in [4.69, 9.17) is 14.2 Å². The van der Waals surface area contributed by atoms with Crippen LogP contribution in [0.1, 0.15) is 49.1 Å². The van der Waals surface area contributed by atoms with Crippen LogP contribution in [0.15, 0.2) is 65.1 Å². The average molecular weight is 528 g/mol. The Morgan fingerprint density at radius 2 is 1.82 bits per heavy atom. The van der Waals surface area contributed by atoms with E-state index in [2.05, 4.69) is 46.4 Å². The molecule has 1 aliphatic heterocycles. The number of nitrogens with one attached hydrogen (secondary N) is 1. The number of halogens is 2. The minimum atomic E-state index is -0.658. The van der Waals surface area contributed by atoms with Gasteiger partial charge in [0.05, 0.1) is 6.61 Å². The molecule has 0 radical (unpaired) electrons. The molecule has 4 rings (SSSR count). The summed E-state index contributed by atoms with van der Waals surface area (Å²) in [6.07, 6.45) is -0.767. The monoisotopic (exact) mass is 527 g/mol. The molecule has 6 heteroatoms. The molecule has 0 saturated carbocycles. The summed E-state index contributed by atoms with van der Waals surface area (Å²) in [6, 6.07) is 19.4. The van der Waals surface area contributed by atoms with Crippen molar-refractivity contribution in [3.05, 3.63) is 93.2 Å². The molecule has 0 saturated heterocycles. The number of benzene rings is 3. The van der Waals surface area contributed by atoms with Gasteiger partial charge in [-0.05, 0) is 69.2 Å².